The third-order valence-electron chi connectivity index (χ3n) is 3.92. The number of H-pyrrole nitrogens is 2. The zero-order valence-electron chi connectivity index (χ0n) is 15.3. The molecule has 2 heterocycles. The van der Waals surface area contributed by atoms with E-state index in [4.69, 9.17) is 10.7 Å². The zero-order chi connectivity index (χ0) is 18.5. The topological polar surface area (TPSA) is 108 Å². The highest BCUT2D eigenvalue weighted by Gasteiger charge is 2.14. The van der Waals surface area contributed by atoms with Gasteiger partial charge in [-0.05, 0) is 0 Å². The number of nitrogen functional groups attached to an aromatic ring is 1. The van der Waals surface area contributed by atoms with Gasteiger partial charge in [0.1, 0.15) is 0 Å². The molecule has 0 bridgehead atoms. The molecule has 4 aromatic rings. The van der Waals surface area contributed by atoms with Crippen molar-refractivity contribution in [2.45, 2.75) is 5.16 Å². The minimum atomic E-state index is 0. The van der Waals surface area contributed by atoms with Crippen LogP contribution in [0.2, 0.25) is 0 Å². The molecule has 29 heavy (non-hydrogen) atoms. The van der Waals surface area contributed by atoms with Gasteiger partial charge in [0.2, 0.25) is 11.9 Å². The lowest BCUT2D eigenvalue weighted by Gasteiger charge is -2.02. The van der Waals surface area contributed by atoms with Crippen molar-refractivity contribution in [1.29, 1.82) is 0 Å². The van der Waals surface area contributed by atoms with Crippen molar-refractivity contribution in [3.63, 3.8) is 0 Å². The van der Waals surface area contributed by atoms with Crippen molar-refractivity contribution in [1.82, 2.24) is 25.1 Å². The maximum absolute atomic E-state index is 5.51. The number of aromatic amines is 2. The Hall–Kier alpha value is -2.68. The molecule has 7 nitrogen and oxygen atoms in total. The van der Waals surface area contributed by atoms with Crippen LogP contribution in [0.1, 0.15) is 0 Å². The monoisotopic (exact) mass is 449 g/mol. The predicted octanol–water partition coefficient (Wildman–Crippen LogP) is 4.49. The largest absolute Gasteiger partial charge is 0.368 e. The van der Waals surface area contributed by atoms with E-state index >= 15 is 0 Å². The molecule has 0 amide bonds. The normalized spacial score (nSPS) is 10.1. The third kappa shape index (κ3) is 5.66. The van der Waals surface area contributed by atoms with Gasteiger partial charge in [0.15, 0.2) is 5.16 Å². The molecule has 0 atom stereocenters. The molecule has 0 aliphatic carbocycles. The van der Waals surface area contributed by atoms with Crippen LogP contribution in [0.5, 0.6) is 0 Å². The summed E-state index contributed by atoms with van der Waals surface area (Å²) in [4.78, 5) is 12.3. The maximum atomic E-state index is 5.51. The fourth-order valence-electron chi connectivity index (χ4n) is 2.70. The molecule has 152 valence electrons. The fraction of sp³-hybridized carbons (Fsp3) is 0.105. The molecular weight excluding hydrogens is 429 g/mol. The molecule has 0 radical (unpaired) electrons. The minimum Gasteiger partial charge on any atom is -0.368 e. The molecule has 0 saturated carbocycles. The molecule has 0 fully saturated rings. The summed E-state index contributed by atoms with van der Waals surface area (Å²) >= 11 is 1.64. The summed E-state index contributed by atoms with van der Waals surface area (Å²) in [5.74, 6) is 1.61. The fourth-order valence-corrected chi connectivity index (χ4v) is 3.43. The van der Waals surface area contributed by atoms with Crippen molar-refractivity contribution in [3.05, 3.63) is 60.7 Å². The summed E-state index contributed by atoms with van der Waals surface area (Å²) in [6.45, 7) is 0.698. The molecule has 0 spiro atoms. The second-order valence-electron chi connectivity index (χ2n) is 5.82. The minimum absolute atomic E-state index is 0. The van der Waals surface area contributed by atoms with Crippen LogP contribution in [0.4, 0.5) is 11.9 Å². The number of nitrogens with one attached hydrogen (secondary N) is 3. The van der Waals surface area contributed by atoms with Gasteiger partial charge in [-0.25, -0.2) is 10.1 Å². The smallest absolute Gasteiger partial charge is 0.243 e. The first-order valence-corrected chi connectivity index (χ1v) is 9.53. The number of rotatable bonds is 7. The van der Waals surface area contributed by atoms with Gasteiger partial charge >= 0.3 is 0 Å². The number of aromatic nitrogens is 5. The number of anilines is 2. The number of nitrogens with zero attached hydrogens (tertiary/aromatic N) is 3. The summed E-state index contributed by atoms with van der Waals surface area (Å²) in [5.41, 5.74) is 9.71. The summed E-state index contributed by atoms with van der Waals surface area (Å²) < 4.78 is 0. The summed E-state index contributed by atoms with van der Waals surface area (Å²) in [5, 5.41) is 10.6. The molecule has 0 aliphatic rings. The van der Waals surface area contributed by atoms with Gasteiger partial charge in [-0.2, -0.15) is 4.98 Å². The van der Waals surface area contributed by atoms with E-state index in [1.807, 2.05) is 36.4 Å². The van der Waals surface area contributed by atoms with Crippen LogP contribution in [0.3, 0.4) is 0 Å². The van der Waals surface area contributed by atoms with E-state index in [2.05, 4.69) is 49.7 Å². The molecule has 2 aromatic carbocycles. The average Bonchev–Trinajstić information content (AvgIpc) is 3.33. The Kier molecular flexibility index (Phi) is 8.38. The second kappa shape index (κ2) is 10.8. The number of imidazole rings is 1. The summed E-state index contributed by atoms with van der Waals surface area (Å²) in [7, 11) is 0. The zero-order valence-corrected chi connectivity index (χ0v) is 17.8. The Labute approximate surface area is 185 Å². The predicted molar refractivity (Wildman–Crippen MR) is 124 cm³/mol. The van der Waals surface area contributed by atoms with Gasteiger partial charge in [0, 0.05) is 23.4 Å². The highest BCUT2D eigenvalue weighted by molar-refractivity contribution is 7.99. The molecule has 0 aliphatic heterocycles. The van der Waals surface area contributed by atoms with Gasteiger partial charge in [-0.3, -0.25) is 0 Å². The van der Waals surface area contributed by atoms with Crippen LogP contribution in [-0.2, 0) is 0 Å². The van der Waals surface area contributed by atoms with E-state index in [9.17, 15) is 0 Å². The molecule has 4 rings (SSSR count). The Morgan fingerprint density at radius 2 is 1.55 bits per heavy atom. The van der Waals surface area contributed by atoms with Crippen molar-refractivity contribution in [3.8, 4) is 22.5 Å². The number of hydrogen-bond acceptors (Lipinski definition) is 6. The Balaban J connectivity index is 0.00000150. The lowest BCUT2D eigenvalue weighted by molar-refractivity contribution is 1.05. The van der Waals surface area contributed by atoms with Gasteiger partial charge in [0.25, 0.3) is 0 Å². The lowest BCUT2D eigenvalue weighted by atomic mass is 10.1. The van der Waals surface area contributed by atoms with Crippen LogP contribution >= 0.6 is 36.6 Å². The van der Waals surface area contributed by atoms with E-state index in [0.29, 0.717) is 18.4 Å². The first-order valence-electron chi connectivity index (χ1n) is 8.55. The van der Waals surface area contributed by atoms with Gasteiger partial charge in [0.05, 0.1) is 11.4 Å². The van der Waals surface area contributed by atoms with Crippen molar-refractivity contribution < 1.29 is 0 Å². The quantitative estimate of drug-likeness (QED) is 0.244. The van der Waals surface area contributed by atoms with Crippen molar-refractivity contribution >= 4 is 48.5 Å². The number of nitrogens with two attached hydrogens (primary N) is 1. The number of hydrogen-bond donors (Lipinski definition) is 4. The number of thioether (sulfide) groups is 1. The van der Waals surface area contributed by atoms with Crippen molar-refractivity contribution in [2.24, 2.45) is 0 Å². The molecule has 0 saturated heterocycles. The van der Waals surface area contributed by atoms with Crippen molar-refractivity contribution in [2.75, 3.05) is 23.3 Å². The Morgan fingerprint density at radius 3 is 2.17 bits per heavy atom. The lowest BCUT2D eigenvalue weighted by Crippen LogP contribution is -2.05. The first-order chi connectivity index (χ1) is 13.3. The highest BCUT2D eigenvalue weighted by atomic mass is 35.5. The standard InChI is InChI=1S/C19H19N7S.2ClH/c20-17-24-18(26-25-17)21-11-12-27-19-22-15(13-7-3-1-4-8-13)16(23-19)14-9-5-2-6-10-14;;/h1-10H,11-12H2,(H,22,23)(H4,20,21,24,25,26);2*1H. The first kappa shape index (κ1) is 22.6. The van der Waals surface area contributed by atoms with Gasteiger partial charge in [-0.1, -0.05) is 72.4 Å². The van der Waals surface area contributed by atoms with Gasteiger partial charge in [-0.15, -0.1) is 29.9 Å². The summed E-state index contributed by atoms with van der Waals surface area (Å²) in [6, 6.07) is 20.5. The van der Waals surface area contributed by atoms with Crippen LogP contribution in [-0.4, -0.2) is 37.4 Å². The SMILES string of the molecule is Cl.Cl.Nc1nc(NCCSc2nc(-c3ccccc3)c(-c3ccccc3)[nH]2)n[nH]1. The maximum Gasteiger partial charge on any atom is 0.243 e. The van der Waals surface area contributed by atoms with Crippen LogP contribution in [0.25, 0.3) is 22.5 Å². The third-order valence-corrected chi connectivity index (χ3v) is 4.79. The molecule has 0 unspecified atom stereocenters. The summed E-state index contributed by atoms with van der Waals surface area (Å²) in [6.07, 6.45) is 0. The highest BCUT2D eigenvalue weighted by Crippen LogP contribution is 2.32. The number of halogens is 2. The second-order valence-corrected chi connectivity index (χ2v) is 6.90. The van der Waals surface area contributed by atoms with Crippen LogP contribution < -0.4 is 11.1 Å². The number of benzene rings is 2. The molecule has 5 N–H and O–H groups in total. The van der Waals surface area contributed by atoms with E-state index in [1.54, 1.807) is 11.8 Å². The molecule has 10 heteroatoms. The van der Waals surface area contributed by atoms with E-state index < -0.39 is 0 Å². The van der Waals surface area contributed by atoms with Gasteiger partial charge < -0.3 is 16.0 Å². The Bertz CT molecular complexity index is 949. The average molecular weight is 450 g/mol. The van der Waals surface area contributed by atoms with E-state index in [1.165, 1.54) is 0 Å². The molecular formula is C19H21Cl2N7S. The van der Waals surface area contributed by atoms with E-state index in [0.717, 1.165) is 33.4 Å². The van der Waals surface area contributed by atoms with Crippen LogP contribution in [0.15, 0.2) is 65.8 Å². The van der Waals surface area contributed by atoms with E-state index in [-0.39, 0.29) is 24.8 Å². The van der Waals surface area contributed by atoms with Crippen LogP contribution in [0, 0.1) is 0 Å². The molecule has 2 aromatic heterocycles. The Morgan fingerprint density at radius 1 is 0.897 bits per heavy atom.